The van der Waals surface area contributed by atoms with Crippen molar-refractivity contribution < 1.29 is 29.9 Å². The van der Waals surface area contributed by atoms with E-state index in [2.05, 4.69) is 12.1 Å². The van der Waals surface area contributed by atoms with Crippen LogP contribution in [0.2, 0.25) is 0 Å². The summed E-state index contributed by atoms with van der Waals surface area (Å²) in [4.78, 5) is 0. The summed E-state index contributed by atoms with van der Waals surface area (Å²) in [5, 5.41) is 4.18. The Morgan fingerprint density at radius 2 is 1.65 bits per heavy atom. The Bertz CT molecular complexity index is 344. The number of rotatable bonds is 3. The van der Waals surface area contributed by atoms with Crippen molar-refractivity contribution in [1.82, 2.24) is 9.90 Å². The van der Waals surface area contributed by atoms with Crippen LogP contribution in [-0.2, 0) is 13.6 Å². The van der Waals surface area contributed by atoms with E-state index in [9.17, 15) is 25.2 Å². The molecule has 104 valence electrons. The van der Waals surface area contributed by atoms with Crippen molar-refractivity contribution >= 4 is 7.81 Å². The molecule has 0 bridgehead atoms. The molecule has 0 aliphatic heterocycles. The zero-order valence-corrected chi connectivity index (χ0v) is 10.2. The Kier molecular flexibility index (Phi) is 4.21. The summed E-state index contributed by atoms with van der Waals surface area (Å²) in [6.45, 7) is 3.22. The van der Waals surface area contributed by atoms with Crippen LogP contribution in [0.4, 0.5) is 25.2 Å². The fourth-order valence-electron chi connectivity index (χ4n) is 0.854. The third-order valence-electron chi connectivity index (χ3n) is 1.45. The molecule has 0 saturated heterocycles. The van der Waals surface area contributed by atoms with E-state index >= 15 is 0 Å². The molecule has 1 heterocycles. The molecule has 0 atom stereocenters. The number of halogens is 6. The zero-order valence-electron chi connectivity index (χ0n) is 9.33. The monoisotopic (exact) mass is 285 g/mol. The van der Waals surface area contributed by atoms with Crippen molar-refractivity contribution in [2.75, 3.05) is 0 Å². The average Bonchev–Trinajstić information content (AvgIpc) is 2.42. The Hall–Kier alpha value is -0.850. The van der Waals surface area contributed by atoms with Gasteiger partial charge in [0.25, 0.3) is 0 Å². The summed E-state index contributed by atoms with van der Waals surface area (Å²) in [5.41, 5.74) is 0. The summed E-state index contributed by atoms with van der Waals surface area (Å²) < 4.78 is 63.0. The van der Waals surface area contributed by atoms with Crippen LogP contribution >= 0.6 is 7.81 Å². The Morgan fingerprint density at radius 3 is 1.94 bits per heavy atom. The van der Waals surface area contributed by atoms with Gasteiger partial charge < -0.3 is 0 Å². The molecule has 0 amide bonds. The van der Waals surface area contributed by atoms with Gasteiger partial charge in [-0.05, 0) is 6.42 Å². The van der Waals surface area contributed by atoms with Crippen molar-refractivity contribution in [3.8, 4) is 0 Å². The van der Waals surface area contributed by atoms with Crippen LogP contribution in [0.25, 0.3) is 0 Å². The summed E-state index contributed by atoms with van der Waals surface area (Å²) in [6, 6.07) is 0. The van der Waals surface area contributed by atoms with Gasteiger partial charge in [0.1, 0.15) is 13.6 Å². The summed E-state index contributed by atoms with van der Waals surface area (Å²) >= 11 is 0. The van der Waals surface area contributed by atoms with Crippen LogP contribution in [0.3, 0.4) is 0 Å². The van der Waals surface area contributed by atoms with Crippen molar-refractivity contribution in [2.45, 2.75) is 26.3 Å². The molecule has 0 aliphatic rings. The van der Waals surface area contributed by atoms with Gasteiger partial charge >= 0.3 is 33.0 Å². The van der Waals surface area contributed by atoms with Crippen LogP contribution < -0.4 is 4.68 Å². The molecule has 17 heavy (non-hydrogen) atoms. The second-order valence-electron chi connectivity index (χ2n) is 3.44. The number of aromatic nitrogens is 3. The molecule has 1 rings (SSSR count). The van der Waals surface area contributed by atoms with E-state index in [-0.39, 0.29) is 0 Å². The van der Waals surface area contributed by atoms with Crippen LogP contribution in [-0.4, -0.2) is 9.90 Å². The van der Waals surface area contributed by atoms with E-state index in [0.717, 1.165) is 6.54 Å². The van der Waals surface area contributed by atoms with Crippen LogP contribution in [0.5, 0.6) is 0 Å². The average molecular weight is 285 g/mol. The van der Waals surface area contributed by atoms with Crippen LogP contribution in [0.15, 0.2) is 12.4 Å². The fourth-order valence-corrected chi connectivity index (χ4v) is 0.854. The topological polar surface area (TPSA) is 21.7 Å². The predicted molar refractivity (Wildman–Crippen MR) is 51.9 cm³/mol. The minimum atomic E-state index is -10.7. The predicted octanol–water partition coefficient (Wildman–Crippen LogP) is 3.89. The first-order valence-corrected chi connectivity index (χ1v) is 6.76. The molecule has 0 saturated carbocycles. The van der Waals surface area contributed by atoms with Gasteiger partial charge in [-0.1, -0.05) is 13.3 Å². The van der Waals surface area contributed by atoms with Gasteiger partial charge in [-0.2, -0.15) is 0 Å². The quantitative estimate of drug-likeness (QED) is 0.469. The normalized spacial score (nSPS) is 15.5. The van der Waals surface area contributed by atoms with E-state index in [1.54, 1.807) is 0 Å². The third-order valence-corrected chi connectivity index (χ3v) is 1.45. The second kappa shape index (κ2) is 4.44. The third kappa shape index (κ3) is 17.7. The minimum absolute atomic E-state index is 1.04. The molecule has 0 N–H and O–H groups in total. The number of unbranched alkanes of at least 4 members (excludes halogenated alkanes) is 1. The van der Waals surface area contributed by atoms with E-state index in [1.807, 2.05) is 28.8 Å². The Labute approximate surface area is 94.2 Å². The van der Waals surface area contributed by atoms with E-state index in [4.69, 9.17) is 0 Å². The number of hydrogen-bond donors (Lipinski definition) is 0. The first-order chi connectivity index (χ1) is 7.28. The first kappa shape index (κ1) is 16.1. The van der Waals surface area contributed by atoms with Gasteiger partial charge in [-0.15, -0.1) is 9.36 Å². The second-order valence-corrected chi connectivity index (χ2v) is 5.35. The molecular weight excluding hydrogens is 271 g/mol. The molecule has 0 aromatic carbocycles. The molecule has 0 radical (unpaired) electrons. The molecule has 1 aromatic rings. The van der Waals surface area contributed by atoms with Gasteiger partial charge in [0, 0.05) is 0 Å². The van der Waals surface area contributed by atoms with Gasteiger partial charge in [-0.25, -0.2) is 0 Å². The molecule has 0 fully saturated rings. The Balaban J connectivity index is 0.000000325. The number of nitrogens with zero attached hydrogens (tertiary/aromatic N) is 3. The molecular formula is C7H14F6N3P. The fraction of sp³-hybridized carbons (Fsp3) is 0.714. The van der Waals surface area contributed by atoms with Crippen LogP contribution in [0.1, 0.15) is 19.8 Å². The van der Waals surface area contributed by atoms with E-state index in [1.165, 1.54) is 12.8 Å². The maximum atomic E-state index is 9.87. The standard InChI is InChI=1S/C7H14N3.F6P/c1-3-4-5-10-7-6-9(2)8-10;1-7(2,3,4,5)6/h6-7H,3-5H2,1-2H3;/q+1;-1. The molecule has 0 spiro atoms. The maximum absolute atomic E-state index is 10.7. The van der Waals surface area contributed by atoms with Gasteiger partial charge in [0.05, 0.1) is 5.21 Å². The van der Waals surface area contributed by atoms with Crippen LogP contribution in [0, 0.1) is 0 Å². The summed E-state index contributed by atoms with van der Waals surface area (Å²) in [7, 11) is -8.72. The zero-order chi connectivity index (χ0) is 13.8. The first-order valence-electron chi connectivity index (χ1n) is 4.73. The van der Waals surface area contributed by atoms with Crippen molar-refractivity contribution in [1.29, 1.82) is 0 Å². The van der Waals surface area contributed by atoms with Gasteiger partial charge in [0.15, 0.2) is 12.4 Å². The number of hydrogen-bond acceptors (Lipinski definition) is 1. The van der Waals surface area contributed by atoms with Gasteiger partial charge in [0.2, 0.25) is 0 Å². The molecule has 10 heteroatoms. The van der Waals surface area contributed by atoms with Crippen molar-refractivity contribution in [3.63, 3.8) is 0 Å². The van der Waals surface area contributed by atoms with E-state index < -0.39 is 7.81 Å². The molecule has 1 aromatic heterocycles. The molecule has 3 nitrogen and oxygen atoms in total. The molecule has 0 unspecified atom stereocenters. The van der Waals surface area contributed by atoms with Crippen molar-refractivity contribution in [3.05, 3.63) is 12.4 Å². The summed E-state index contributed by atoms with van der Waals surface area (Å²) in [6.07, 6.45) is 6.39. The van der Waals surface area contributed by atoms with Gasteiger partial charge in [-0.3, -0.25) is 0 Å². The SMILES string of the molecule is CCCCn1cc[n+](C)n1.F[P-](F)(F)(F)(F)F. The van der Waals surface area contributed by atoms with Crippen molar-refractivity contribution in [2.24, 2.45) is 7.05 Å². The molecule has 0 aliphatic carbocycles. The Morgan fingerprint density at radius 1 is 1.18 bits per heavy atom. The summed E-state index contributed by atoms with van der Waals surface area (Å²) in [5.74, 6) is 0. The van der Waals surface area contributed by atoms with E-state index in [0.29, 0.717) is 0 Å². The number of aryl methyl sites for hydroxylation is 2.